The smallest absolute Gasteiger partial charge is 0.410 e. The summed E-state index contributed by atoms with van der Waals surface area (Å²) in [7, 11) is 0. The highest BCUT2D eigenvalue weighted by Gasteiger charge is 2.45. The average Bonchev–Trinajstić information content (AvgIpc) is 3.78. The molecule has 5 heterocycles. The molecular formula is C37H48FN7O4. The van der Waals surface area contributed by atoms with Crippen LogP contribution in [0.4, 0.5) is 15.0 Å². The number of piperazine rings is 1. The molecule has 1 amide bonds. The summed E-state index contributed by atoms with van der Waals surface area (Å²) < 4.78 is 29.0. The van der Waals surface area contributed by atoms with Crippen LogP contribution in [0.3, 0.4) is 0 Å². The zero-order valence-electron chi connectivity index (χ0n) is 28.8. The van der Waals surface area contributed by atoms with Crippen molar-refractivity contribution in [2.45, 2.75) is 83.0 Å². The molecule has 3 fully saturated rings. The van der Waals surface area contributed by atoms with Gasteiger partial charge in [0.05, 0.1) is 12.1 Å². The van der Waals surface area contributed by atoms with Crippen LogP contribution in [-0.2, 0) is 11.2 Å². The summed E-state index contributed by atoms with van der Waals surface area (Å²) in [4.78, 5) is 32.6. The summed E-state index contributed by atoms with van der Waals surface area (Å²) in [6.07, 6.45) is 6.74. The third-order valence-corrected chi connectivity index (χ3v) is 10.2. The lowest BCUT2D eigenvalue weighted by atomic mass is 9.97. The number of ether oxygens (including phenoxy) is 2. The minimum Gasteiger partial charge on any atom is -0.462 e. The summed E-state index contributed by atoms with van der Waals surface area (Å²) in [5.41, 5.74) is 8.35. The lowest BCUT2D eigenvalue weighted by Crippen LogP contribution is -2.57. The molecule has 12 heteroatoms. The number of aliphatic hydroxyl groups excluding tert-OH is 1. The Hall–Kier alpha value is -4.00. The van der Waals surface area contributed by atoms with E-state index in [0.717, 1.165) is 61.7 Å². The molecule has 4 aromatic rings. The fraction of sp³-hybridized carbons (Fsp3) is 0.541. The summed E-state index contributed by atoms with van der Waals surface area (Å²) >= 11 is 0. The van der Waals surface area contributed by atoms with Gasteiger partial charge in [-0.1, -0.05) is 18.2 Å². The Morgan fingerprint density at radius 3 is 2.63 bits per heavy atom. The van der Waals surface area contributed by atoms with Crippen LogP contribution in [0.5, 0.6) is 6.01 Å². The van der Waals surface area contributed by atoms with Crippen LogP contribution >= 0.6 is 0 Å². The number of halogens is 1. The van der Waals surface area contributed by atoms with E-state index >= 15 is 4.39 Å². The van der Waals surface area contributed by atoms with Crippen LogP contribution < -0.4 is 15.4 Å². The van der Waals surface area contributed by atoms with Crippen LogP contribution in [-0.4, -0.2) is 106 Å². The molecule has 0 aliphatic carbocycles. The van der Waals surface area contributed by atoms with Gasteiger partial charge in [-0.25, -0.2) is 9.18 Å². The van der Waals surface area contributed by atoms with Crippen molar-refractivity contribution in [2.75, 3.05) is 50.8 Å². The van der Waals surface area contributed by atoms with Gasteiger partial charge >= 0.3 is 12.1 Å². The Labute approximate surface area is 286 Å². The number of amides is 1. The van der Waals surface area contributed by atoms with Gasteiger partial charge in [0.1, 0.15) is 23.5 Å². The lowest BCUT2D eigenvalue weighted by molar-refractivity contribution is 0.0122. The number of carbonyl (C=O) groups excluding carboxylic acids is 1. The lowest BCUT2D eigenvalue weighted by Gasteiger charge is -2.42. The zero-order valence-corrected chi connectivity index (χ0v) is 28.8. The quantitative estimate of drug-likeness (QED) is 0.207. The first-order chi connectivity index (χ1) is 23.6. The molecule has 0 saturated carbocycles. The number of likely N-dealkylation sites (tertiary alicyclic amines) is 1. The van der Waals surface area contributed by atoms with E-state index in [1.165, 1.54) is 0 Å². The van der Waals surface area contributed by atoms with Crippen molar-refractivity contribution in [1.29, 1.82) is 0 Å². The molecule has 2 unspecified atom stereocenters. The first-order valence-corrected chi connectivity index (χ1v) is 17.7. The summed E-state index contributed by atoms with van der Waals surface area (Å²) in [5.74, 6) is 0.156. The molecule has 49 heavy (non-hydrogen) atoms. The second-order valence-corrected chi connectivity index (χ2v) is 14.6. The molecule has 4 N–H and O–H groups in total. The SMILES string of the molecule is CC(C)(C)OC(=O)N1C2CCC1CN(c1nc(OC[C@@H]3CCCN3CCCN)nc3c(F)c(-c4c[nH]c5cccc(CCO)c45)ccc13)C2. The molecule has 7 rings (SSSR count). The molecule has 0 radical (unpaired) electrons. The van der Waals surface area contributed by atoms with Gasteiger partial charge in [-0.2, -0.15) is 9.97 Å². The van der Waals surface area contributed by atoms with E-state index in [9.17, 15) is 9.90 Å². The number of anilines is 1. The third kappa shape index (κ3) is 6.65. The van der Waals surface area contributed by atoms with E-state index in [1.807, 2.05) is 56.1 Å². The highest BCUT2D eigenvalue weighted by atomic mass is 19.1. The van der Waals surface area contributed by atoms with Gasteiger partial charge < -0.3 is 30.2 Å². The first-order valence-electron chi connectivity index (χ1n) is 17.7. The van der Waals surface area contributed by atoms with Gasteiger partial charge in [0.25, 0.3) is 0 Å². The summed E-state index contributed by atoms with van der Waals surface area (Å²) in [6, 6.07) is 9.82. The van der Waals surface area contributed by atoms with Gasteiger partial charge in [0, 0.05) is 59.4 Å². The largest absolute Gasteiger partial charge is 0.462 e. The molecule has 262 valence electrons. The van der Waals surface area contributed by atoms with Crippen LogP contribution in [0.25, 0.3) is 32.9 Å². The van der Waals surface area contributed by atoms with E-state index in [4.69, 9.17) is 25.2 Å². The number of nitrogens with one attached hydrogen (secondary N) is 1. The second kappa shape index (κ2) is 13.7. The van der Waals surface area contributed by atoms with Crippen molar-refractivity contribution >= 4 is 33.7 Å². The second-order valence-electron chi connectivity index (χ2n) is 14.6. The van der Waals surface area contributed by atoms with E-state index < -0.39 is 11.4 Å². The van der Waals surface area contributed by atoms with Crippen LogP contribution in [0, 0.1) is 5.82 Å². The molecule has 3 atom stereocenters. The number of carbonyl (C=O) groups is 1. The first kappa shape index (κ1) is 33.5. The van der Waals surface area contributed by atoms with Crippen LogP contribution in [0.1, 0.15) is 58.4 Å². The van der Waals surface area contributed by atoms with Gasteiger partial charge in [-0.15, -0.1) is 0 Å². The van der Waals surface area contributed by atoms with Crippen LogP contribution in [0.2, 0.25) is 0 Å². The number of fused-ring (bicyclic) bond motifs is 4. The van der Waals surface area contributed by atoms with Crippen molar-refractivity contribution in [2.24, 2.45) is 5.73 Å². The van der Waals surface area contributed by atoms with E-state index in [1.54, 1.807) is 6.07 Å². The number of nitrogens with two attached hydrogens (primary N) is 1. The van der Waals surface area contributed by atoms with Gasteiger partial charge in [0.2, 0.25) is 0 Å². The molecule has 3 aliphatic rings. The van der Waals surface area contributed by atoms with E-state index in [-0.39, 0.29) is 42.4 Å². The maximum Gasteiger partial charge on any atom is 0.410 e. The Morgan fingerprint density at radius 2 is 1.90 bits per heavy atom. The fourth-order valence-electron chi connectivity index (χ4n) is 7.97. The van der Waals surface area contributed by atoms with Crippen molar-refractivity contribution in [1.82, 2.24) is 24.8 Å². The Bertz CT molecular complexity index is 1810. The highest BCUT2D eigenvalue weighted by Crippen LogP contribution is 2.40. The van der Waals surface area contributed by atoms with Gasteiger partial charge in [-0.05, 0) is 96.6 Å². The van der Waals surface area contributed by atoms with E-state index in [2.05, 4.69) is 14.8 Å². The maximum atomic E-state index is 16.9. The van der Waals surface area contributed by atoms with Crippen LogP contribution in [0.15, 0.2) is 36.5 Å². The predicted octanol–water partition coefficient (Wildman–Crippen LogP) is 5.23. The average molecular weight is 674 g/mol. The minimum atomic E-state index is -0.582. The van der Waals surface area contributed by atoms with Gasteiger partial charge in [-0.3, -0.25) is 9.80 Å². The van der Waals surface area contributed by atoms with Crippen molar-refractivity contribution < 1.29 is 23.8 Å². The van der Waals surface area contributed by atoms with Crippen molar-refractivity contribution in [3.63, 3.8) is 0 Å². The number of rotatable bonds is 10. The normalized spacial score (nSPS) is 21.3. The third-order valence-electron chi connectivity index (χ3n) is 10.2. The molecule has 2 aromatic heterocycles. The summed E-state index contributed by atoms with van der Waals surface area (Å²) in [5, 5.41) is 11.2. The number of H-pyrrole nitrogens is 1. The molecule has 3 saturated heterocycles. The molecule has 11 nitrogen and oxygen atoms in total. The minimum absolute atomic E-state index is 0.00492. The number of nitrogens with zero attached hydrogens (tertiary/aromatic N) is 5. The van der Waals surface area contributed by atoms with Crippen molar-refractivity contribution in [3.05, 3.63) is 47.9 Å². The monoisotopic (exact) mass is 673 g/mol. The Kier molecular flexibility index (Phi) is 9.38. The zero-order chi connectivity index (χ0) is 34.3. The number of aromatic nitrogens is 3. The Balaban J connectivity index is 1.26. The molecule has 0 spiro atoms. The van der Waals surface area contributed by atoms with Crippen molar-refractivity contribution in [3.8, 4) is 17.1 Å². The topological polar surface area (TPSA) is 133 Å². The number of hydrogen-bond acceptors (Lipinski definition) is 9. The van der Waals surface area contributed by atoms with E-state index in [0.29, 0.717) is 55.0 Å². The highest BCUT2D eigenvalue weighted by molar-refractivity contribution is 6.01. The predicted molar refractivity (Wildman–Crippen MR) is 188 cm³/mol. The fourth-order valence-corrected chi connectivity index (χ4v) is 7.97. The number of hydrogen-bond donors (Lipinski definition) is 3. The molecule has 2 bridgehead atoms. The summed E-state index contributed by atoms with van der Waals surface area (Å²) in [6.45, 7) is 9.71. The van der Waals surface area contributed by atoms with Gasteiger partial charge in [0.15, 0.2) is 5.82 Å². The Morgan fingerprint density at radius 1 is 1.10 bits per heavy atom. The maximum absolute atomic E-state index is 16.9. The number of aromatic amines is 1. The number of aliphatic hydroxyl groups is 1. The molecule has 3 aliphatic heterocycles. The molecular weight excluding hydrogens is 625 g/mol. The standard InChI is InChI=1S/C37H48FN7O4/c1-37(2,3)49-36(47)45-24-10-11-25(45)21-44(20-24)34-28-13-12-27(29-19-40-30-9-4-7-23(14-18-46)31(29)30)32(38)33(28)41-35(42-34)48-22-26-8-5-16-43(26)17-6-15-39/h4,7,9,12-13,19,24-26,40,46H,5-6,8,10-11,14-18,20-22,39H2,1-3H3/t24?,25?,26-/m0/s1. The number of benzene rings is 2. The molecule has 2 aromatic carbocycles.